The van der Waals surface area contributed by atoms with Crippen LogP contribution in [0.25, 0.3) is 5.69 Å². The molecular formula is C20H16ClF2N3O2. The summed E-state index contributed by atoms with van der Waals surface area (Å²) >= 11 is 6.04. The third kappa shape index (κ3) is 3.61. The Bertz CT molecular complexity index is 1110. The zero-order valence-electron chi connectivity index (χ0n) is 15.0. The average molecular weight is 404 g/mol. The molecule has 2 amide bonds. The highest BCUT2D eigenvalue weighted by Gasteiger charge is 2.20. The van der Waals surface area contributed by atoms with Crippen molar-refractivity contribution in [3.05, 3.63) is 81.6 Å². The van der Waals surface area contributed by atoms with Crippen LogP contribution in [0.2, 0.25) is 5.02 Å². The Balaban J connectivity index is 1.98. The minimum Gasteiger partial charge on any atom is -0.366 e. The molecular weight excluding hydrogens is 388 g/mol. The number of aromatic nitrogens is 1. The molecule has 8 heteroatoms. The maximum atomic E-state index is 14.0. The van der Waals surface area contributed by atoms with Gasteiger partial charge in [-0.05, 0) is 44.2 Å². The minimum atomic E-state index is -1.10. The number of benzene rings is 2. The van der Waals surface area contributed by atoms with E-state index in [0.717, 1.165) is 17.4 Å². The molecule has 1 aromatic heterocycles. The normalized spacial score (nSPS) is 10.8. The van der Waals surface area contributed by atoms with Crippen molar-refractivity contribution >= 4 is 29.1 Å². The van der Waals surface area contributed by atoms with Gasteiger partial charge in [0.2, 0.25) is 0 Å². The van der Waals surface area contributed by atoms with Gasteiger partial charge in [-0.2, -0.15) is 0 Å². The molecule has 3 rings (SSSR count). The highest BCUT2D eigenvalue weighted by atomic mass is 35.5. The zero-order chi connectivity index (χ0) is 20.6. The number of nitrogens with zero attached hydrogens (tertiary/aromatic N) is 1. The minimum absolute atomic E-state index is 0.293. The number of anilines is 1. The van der Waals surface area contributed by atoms with Crippen LogP contribution in [0.3, 0.4) is 0 Å². The summed E-state index contributed by atoms with van der Waals surface area (Å²) in [5.41, 5.74) is 6.65. The second-order valence-electron chi connectivity index (χ2n) is 6.23. The van der Waals surface area contributed by atoms with Crippen molar-refractivity contribution in [1.29, 1.82) is 0 Å². The van der Waals surface area contributed by atoms with E-state index in [-0.39, 0.29) is 5.69 Å². The number of halogens is 3. The maximum absolute atomic E-state index is 14.0. The first-order chi connectivity index (χ1) is 13.2. The van der Waals surface area contributed by atoms with Gasteiger partial charge in [0.25, 0.3) is 11.8 Å². The molecule has 144 valence electrons. The van der Waals surface area contributed by atoms with Crippen molar-refractivity contribution in [2.24, 2.45) is 5.73 Å². The summed E-state index contributed by atoms with van der Waals surface area (Å²) in [6.07, 6.45) is 0. The number of primary amides is 1. The molecule has 0 unspecified atom stereocenters. The van der Waals surface area contributed by atoms with Crippen LogP contribution in [0.15, 0.2) is 42.5 Å². The number of carbonyl (C=O) groups is 2. The standard InChI is InChI=1S/C20H16ClF2N3O2/c1-10-6-14(11(2)26(10)13-5-3-4-12(21)7-13)20(28)25-18-8-15(19(24)27)16(22)9-17(18)23/h3-9H,1-2H3,(H2,24,27)(H,25,28). The van der Waals surface area contributed by atoms with E-state index in [0.29, 0.717) is 22.3 Å². The molecule has 3 aromatic rings. The van der Waals surface area contributed by atoms with Gasteiger partial charge in [-0.3, -0.25) is 9.59 Å². The molecule has 3 N–H and O–H groups in total. The molecule has 0 aliphatic rings. The quantitative estimate of drug-likeness (QED) is 0.678. The third-order valence-corrected chi connectivity index (χ3v) is 4.55. The summed E-state index contributed by atoms with van der Waals surface area (Å²) in [6.45, 7) is 3.55. The van der Waals surface area contributed by atoms with Crippen molar-refractivity contribution in [2.45, 2.75) is 13.8 Å². The van der Waals surface area contributed by atoms with E-state index < -0.39 is 29.0 Å². The fraction of sp³-hybridized carbons (Fsp3) is 0.100. The predicted octanol–water partition coefficient (Wildman–Crippen LogP) is 4.38. The summed E-state index contributed by atoms with van der Waals surface area (Å²) in [6, 6.07) is 10.1. The van der Waals surface area contributed by atoms with Crippen LogP contribution in [0, 0.1) is 25.5 Å². The summed E-state index contributed by atoms with van der Waals surface area (Å²) in [4.78, 5) is 24.0. The lowest BCUT2D eigenvalue weighted by molar-refractivity contribution is 0.0992. The second-order valence-corrected chi connectivity index (χ2v) is 6.67. The van der Waals surface area contributed by atoms with E-state index in [2.05, 4.69) is 5.32 Å². The molecule has 1 heterocycles. The van der Waals surface area contributed by atoms with Crippen LogP contribution >= 0.6 is 11.6 Å². The SMILES string of the molecule is Cc1cc(C(=O)Nc2cc(C(N)=O)c(F)cc2F)c(C)n1-c1cccc(Cl)c1. The highest BCUT2D eigenvalue weighted by molar-refractivity contribution is 6.30. The van der Waals surface area contributed by atoms with Gasteiger partial charge in [0.05, 0.1) is 16.8 Å². The molecule has 0 fully saturated rings. The Morgan fingerprint density at radius 2 is 1.75 bits per heavy atom. The Morgan fingerprint density at radius 3 is 2.39 bits per heavy atom. The number of hydrogen-bond acceptors (Lipinski definition) is 2. The molecule has 0 saturated carbocycles. The maximum Gasteiger partial charge on any atom is 0.257 e. The van der Waals surface area contributed by atoms with Crippen LogP contribution in [0.4, 0.5) is 14.5 Å². The summed E-state index contributed by atoms with van der Waals surface area (Å²) < 4.78 is 29.5. The summed E-state index contributed by atoms with van der Waals surface area (Å²) in [5, 5.41) is 2.91. The number of amides is 2. The van der Waals surface area contributed by atoms with Crippen LogP contribution in [0.1, 0.15) is 32.1 Å². The number of nitrogens with two attached hydrogens (primary N) is 1. The van der Waals surface area contributed by atoms with E-state index in [1.165, 1.54) is 0 Å². The first-order valence-corrected chi connectivity index (χ1v) is 8.62. The van der Waals surface area contributed by atoms with Crippen molar-refractivity contribution in [3.63, 3.8) is 0 Å². The van der Waals surface area contributed by atoms with E-state index >= 15 is 0 Å². The van der Waals surface area contributed by atoms with Gasteiger partial charge in [0.15, 0.2) is 0 Å². The van der Waals surface area contributed by atoms with Gasteiger partial charge < -0.3 is 15.6 Å². The van der Waals surface area contributed by atoms with Crippen molar-refractivity contribution in [1.82, 2.24) is 4.57 Å². The van der Waals surface area contributed by atoms with E-state index in [1.807, 2.05) is 17.6 Å². The van der Waals surface area contributed by atoms with Gasteiger partial charge in [0.1, 0.15) is 11.6 Å². The highest BCUT2D eigenvalue weighted by Crippen LogP contribution is 2.25. The molecule has 0 spiro atoms. The first-order valence-electron chi connectivity index (χ1n) is 8.24. The van der Waals surface area contributed by atoms with Crippen LogP contribution in [-0.4, -0.2) is 16.4 Å². The summed E-state index contributed by atoms with van der Waals surface area (Å²) in [7, 11) is 0. The molecule has 0 radical (unpaired) electrons. The number of nitrogens with one attached hydrogen (secondary N) is 1. The molecule has 5 nitrogen and oxygen atoms in total. The number of rotatable bonds is 4. The van der Waals surface area contributed by atoms with Crippen molar-refractivity contribution < 1.29 is 18.4 Å². The Morgan fingerprint density at radius 1 is 1.04 bits per heavy atom. The van der Waals surface area contributed by atoms with Crippen LogP contribution in [-0.2, 0) is 0 Å². The molecule has 28 heavy (non-hydrogen) atoms. The number of carbonyl (C=O) groups excluding carboxylic acids is 2. The molecule has 0 bridgehead atoms. The second kappa shape index (κ2) is 7.44. The van der Waals surface area contributed by atoms with E-state index in [9.17, 15) is 18.4 Å². The largest absolute Gasteiger partial charge is 0.366 e. The van der Waals surface area contributed by atoms with Gasteiger partial charge in [-0.15, -0.1) is 0 Å². The van der Waals surface area contributed by atoms with Gasteiger partial charge in [-0.1, -0.05) is 17.7 Å². The predicted molar refractivity (Wildman–Crippen MR) is 103 cm³/mol. The molecule has 0 aliphatic heterocycles. The van der Waals surface area contributed by atoms with E-state index in [4.69, 9.17) is 17.3 Å². The lowest BCUT2D eigenvalue weighted by Crippen LogP contribution is -2.17. The Hall–Kier alpha value is -3.19. The third-order valence-electron chi connectivity index (χ3n) is 4.31. The van der Waals surface area contributed by atoms with Crippen LogP contribution in [0.5, 0.6) is 0 Å². The lowest BCUT2D eigenvalue weighted by atomic mass is 10.1. The Kier molecular flexibility index (Phi) is 5.20. The van der Waals surface area contributed by atoms with Gasteiger partial charge in [-0.25, -0.2) is 8.78 Å². The van der Waals surface area contributed by atoms with Crippen LogP contribution < -0.4 is 11.1 Å². The van der Waals surface area contributed by atoms with E-state index in [1.54, 1.807) is 31.2 Å². The van der Waals surface area contributed by atoms with Crippen molar-refractivity contribution in [3.8, 4) is 5.69 Å². The lowest BCUT2D eigenvalue weighted by Gasteiger charge is -2.11. The Labute approximate surface area is 164 Å². The molecule has 0 atom stereocenters. The smallest absolute Gasteiger partial charge is 0.257 e. The molecule has 0 aliphatic carbocycles. The number of hydrogen-bond donors (Lipinski definition) is 2. The fourth-order valence-electron chi connectivity index (χ4n) is 3.03. The van der Waals surface area contributed by atoms with Gasteiger partial charge >= 0.3 is 0 Å². The number of aryl methyl sites for hydroxylation is 1. The molecule has 2 aromatic carbocycles. The molecule has 0 saturated heterocycles. The van der Waals surface area contributed by atoms with Crippen molar-refractivity contribution in [2.75, 3.05) is 5.32 Å². The average Bonchev–Trinajstić information content (AvgIpc) is 2.91. The first kappa shape index (κ1) is 19.6. The summed E-state index contributed by atoms with van der Waals surface area (Å²) in [5.74, 6) is -3.78. The topological polar surface area (TPSA) is 77.1 Å². The van der Waals surface area contributed by atoms with Gasteiger partial charge in [0, 0.05) is 28.2 Å². The fourth-order valence-corrected chi connectivity index (χ4v) is 3.21. The zero-order valence-corrected chi connectivity index (χ0v) is 15.8. The monoisotopic (exact) mass is 403 g/mol.